The Balaban J connectivity index is 2.75. The van der Waals surface area contributed by atoms with Crippen molar-refractivity contribution in [2.45, 2.75) is 53.9 Å². The molecule has 1 aliphatic heterocycles. The van der Waals surface area contributed by atoms with Gasteiger partial charge in [0.25, 0.3) is 0 Å². The summed E-state index contributed by atoms with van der Waals surface area (Å²) in [5.74, 6) is 0.362. The molecule has 2 nitrogen and oxygen atoms in total. The zero-order chi connectivity index (χ0) is 15.3. The lowest BCUT2D eigenvalue weighted by Gasteiger charge is -2.52. The highest BCUT2D eigenvalue weighted by molar-refractivity contribution is 5.66. The Morgan fingerprint density at radius 2 is 1.65 bits per heavy atom. The van der Waals surface area contributed by atoms with E-state index >= 15 is 0 Å². The van der Waals surface area contributed by atoms with Gasteiger partial charge in [0.05, 0.1) is 0 Å². The molecule has 0 amide bonds. The minimum atomic E-state index is 0.0824. The van der Waals surface area contributed by atoms with E-state index in [-0.39, 0.29) is 16.2 Å². The van der Waals surface area contributed by atoms with Crippen molar-refractivity contribution < 1.29 is 5.11 Å². The Morgan fingerprint density at radius 3 is 2.10 bits per heavy atom. The topological polar surface area (TPSA) is 23.5 Å². The fourth-order valence-electron chi connectivity index (χ4n) is 4.29. The molecule has 0 aromatic heterocycles. The van der Waals surface area contributed by atoms with E-state index in [0.29, 0.717) is 5.75 Å². The SMILES string of the molecule is CCN1CC(C(C)(C)C)(C(C)(C)C)c2ccc(O)cc21. The average molecular weight is 275 g/mol. The summed E-state index contributed by atoms with van der Waals surface area (Å²) >= 11 is 0. The molecule has 1 heterocycles. The lowest BCUT2D eigenvalue weighted by Crippen LogP contribution is -2.53. The predicted molar refractivity (Wildman–Crippen MR) is 86.6 cm³/mol. The molecule has 0 saturated carbocycles. The largest absolute Gasteiger partial charge is 0.508 e. The van der Waals surface area contributed by atoms with Gasteiger partial charge < -0.3 is 10.0 Å². The molecular weight excluding hydrogens is 246 g/mol. The van der Waals surface area contributed by atoms with E-state index < -0.39 is 0 Å². The van der Waals surface area contributed by atoms with Crippen molar-refractivity contribution in [2.75, 3.05) is 18.0 Å². The number of nitrogens with zero attached hydrogens (tertiary/aromatic N) is 1. The van der Waals surface area contributed by atoms with Crippen LogP contribution in [0, 0.1) is 10.8 Å². The number of phenolic OH excluding ortho intramolecular Hbond substituents is 1. The molecule has 1 aromatic carbocycles. The van der Waals surface area contributed by atoms with E-state index in [1.807, 2.05) is 12.1 Å². The zero-order valence-corrected chi connectivity index (χ0v) is 14.0. The molecule has 0 spiro atoms. The van der Waals surface area contributed by atoms with Crippen LogP contribution < -0.4 is 4.90 Å². The summed E-state index contributed by atoms with van der Waals surface area (Å²) in [6, 6.07) is 5.90. The molecule has 1 N–H and O–H groups in total. The number of anilines is 1. The van der Waals surface area contributed by atoms with E-state index in [1.54, 1.807) is 0 Å². The molecule has 2 heteroatoms. The van der Waals surface area contributed by atoms with Gasteiger partial charge in [0.15, 0.2) is 0 Å². The highest BCUT2D eigenvalue weighted by Gasteiger charge is 2.56. The van der Waals surface area contributed by atoms with Crippen molar-refractivity contribution in [3.63, 3.8) is 0 Å². The van der Waals surface area contributed by atoms with E-state index in [1.165, 1.54) is 11.3 Å². The smallest absolute Gasteiger partial charge is 0.117 e. The molecule has 0 unspecified atom stereocenters. The van der Waals surface area contributed by atoms with Crippen LogP contribution in [0.1, 0.15) is 54.0 Å². The van der Waals surface area contributed by atoms with Gasteiger partial charge in [0, 0.05) is 30.3 Å². The van der Waals surface area contributed by atoms with Crippen LogP contribution in [0.15, 0.2) is 18.2 Å². The maximum Gasteiger partial charge on any atom is 0.117 e. The molecule has 0 fully saturated rings. The Labute approximate surface area is 123 Å². The number of rotatable bonds is 1. The van der Waals surface area contributed by atoms with E-state index in [4.69, 9.17) is 0 Å². The zero-order valence-electron chi connectivity index (χ0n) is 14.0. The summed E-state index contributed by atoms with van der Waals surface area (Å²) in [5, 5.41) is 9.86. The third kappa shape index (κ3) is 1.92. The van der Waals surface area contributed by atoms with Crippen molar-refractivity contribution in [2.24, 2.45) is 10.8 Å². The van der Waals surface area contributed by atoms with Crippen molar-refractivity contribution in [3.05, 3.63) is 23.8 Å². The molecule has 0 atom stereocenters. The Morgan fingerprint density at radius 1 is 1.10 bits per heavy atom. The fraction of sp³-hybridized carbons (Fsp3) is 0.667. The quantitative estimate of drug-likeness (QED) is 0.812. The van der Waals surface area contributed by atoms with Crippen LogP contribution in [0.4, 0.5) is 5.69 Å². The summed E-state index contributed by atoms with van der Waals surface area (Å²) in [4.78, 5) is 2.41. The standard InChI is InChI=1S/C18H29NO/c1-8-19-12-18(16(2,3)4,17(5,6)7)14-10-9-13(20)11-15(14)19/h9-11,20H,8,12H2,1-7H3. The Bertz CT molecular complexity index is 491. The van der Waals surface area contributed by atoms with Gasteiger partial charge in [-0.3, -0.25) is 0 Å². The van der Waals surface area contributed by atoms with Gasteiger partial charge in [-0.05, 0) is 29.4 Å². The summed E-state index contributed by atoms with van der Waals surface area (Å²) < 4.78 is 0. The molecular formula is C18H29NO. The Hall–Kier alpha value is -1.18. The molecule has 2 rings (SSSR count). The highest BCUT2D eigenvalue weighted by atomic mass is 16.3. The number of aromatic hydroxyl groups is 1. The number of likely N-dealkylation sites (N-methyl/N-ethyl adjacent to an activating group) is 1. The highest BCUT2D eigenvalue weighted by Crippen LogP contribution is 2.59. The average Bonchev–Trinajstić information content (AvgIpc) is 2.62. The van der Waals surface area contributed by atoms with Crippen LogP contribution in [0.5, 0.6) is 5.75 Å². The summed E-state index contributed by atoms with van der Waals surface area (Å²) in [6.07, 6.45) is 0. The van der Waals surface area contributed by atoms with Crippen LogP contribution in [0.2, 0.25) is 0 Å². The first-order valence-corrected chi connectivity index (χ1v) is 7.63. The van der Waals surface area contributed by atoms with Crippen molar-refractivity contribution in [3.8, 4) is 5.75 Å². The normalized spacial score (nSPS) is 18.2. The summed E-state index contributed by atoms with van der Waals surface area (Å²) in [5.41, 5.74) is 2.98. The lowest BCUT2D eigenvalue weighted by atomic mass is 9.52. The number of hydrogen-bond donors (Lipinski definition) is 1. The van der Waals surface area contributed by atoms with E-state index in [9.17, 15) is 5.11 Å². The molecule has 0 aliphatic carbocycles. The molecule has 0 radical (unpaired) electrons. The van der Waals surface area contributed by atoms with Gasteiger partial charge >= 0.3 is 0 Å². The maximum absolute atomic E-state index is 9.86. The molecule has 112 valence electrons. The van der Waals surface area contributed by atoms with Gasteiger partial charge in [-0.1, -0.05) is 47.6 Å². The number of hydrogen-bond acceptors (Lipinski definition) is 2. The molecule has 1 aromatic rings. The number of fused-ring (bicyclic) bond motifs is 1. The van der Waals surface area contributed by atoms with Crippen molar-refractivity contribution >= 4 is 5.69 Å². The monoisotopic (exact) mass is 275 g/mol. The second-order valence-corrected chi connectivity index (χ2v) is 8.12. The first-order valence-electron chi connectivity index (χ1n) is 7.63. The minimum Gasteiger partial charge on any atom is -0.508 e. The molecule has 0 bridgehead atoms. The van der Waals surface area contributed by atoms with Crippen LogP contribution in [-0.4, -0.2) is 18.2 Å². The summed E-state index contributed by atoms with van der Waals surface area (Å²) in [7, 11) is 0. The number of benzene rings is 1. The van der Waals surface area contributed by atoms with Crippen LogP contribution in [0.3, 0.4) is 0 Å². The van der Waals surface area contributed by atoms with Crippen LogP contribution in [-0.2, 0) is 5.41 Å². The fourth-order valence-corrected chi connectivity index (χ4v) is 4.29. The molecule has 1 aliphatic rings. The number of phenols is 1. The van der Waals surface area contributed by atoms with Gasteiger partial charge in [-0.25, -0.2) is 0 Å². The minimum absolute atomic E-state index is 0.0824. The second kappa shape index (κ2) is 4.41. The lowest BCUT2D eigenvalue weighted by molar-refractivity contribution is 0.0662. The first-order chi connectivity index (χ1) is 9.04. The van der Waals surface area contributed by atoms with Crippen LogP contribution in [0.25, 0.3) is 0 Å². The van der Waals surface area contributed by atoms with E-state index in [2.05, 4.69) is 59.4 Å². The van der Waals surface area contributed by atoms with Crippen molar-refractivity contribution in [1.82, 2.24) is 0 Å². The van der Waals surface area contributed by atoms with Crippen molar-refractivity contribution in [1.29, 1.82) is 0 Å². The van der Waals surface area contributed by atoms with Gasteiger partial charge in [0.2, 0.25) is 0 Å². The Kier molecular flexibility index (Phi) is 3.35. The van der Waals surface area contributed by atoms with Gasteiger partial charge in [0.1, 0.15) is 5.75 Å². The molecule has 20 heavy (non-hydrogen) atoms. The molecule has 0 saturated heterocycles. The third-order valence-electron chi connectivity index (χ3n) is 5.15. The van der Waals surface area contributed by atoms with Gasteiger partial charge in [-0.15, -0.1) is 0 Å². The maximum atomic E-state index is 9.86. The predicted octanol–water partition coefficient (Wildman–Crippen LogP) is 4.56. The second-order valence-electron chi connectivity index (χ2n) is 8.12. The van der Waals surface area contributed by atoms with E-state index in [0.717, 1.165) is 13.1 Å². The van der Waals surface area contributed by atoms with Gasteiger partial charge in [-0.2, -0.15) is 0 Å². The third-order valence-corrected chi connectivity index (χ3v) is 5.15. The summed E-state index contributed by atoms with van der Waals surface area (Å²) in [6.45, 7) is 18.2. The first kappa shape index (κ1) is 15.2. The van der Waals surface area contributed by atoms with Crippen LogP contribution >= 0.6 is 0 Å².